The summed E-state index contributed by atoms with van der Waals surface area (Å²) in [5.41, 5.74) is 2.48. The van der Waals surface area contributed by atoms with Crippen molar-refractivity contribution < 1.29 is 48.9 Å². The summed E-state index contributed by atoms with van der Waals surface area (Å²) in [5.74, 6) is -2.64. The number of allylic oxidation sites excluding steroid dienone is 4. The predicted molar refractivity (Wildman–Crippen MR) is 146 cm³/mol. The Morgan fingerprint density at radius 3 is 1.29 bits per heavy atom. The van der Waals surface area contributed by atoms with Crippen LogP contribution in [0.3, 0.4) is 0 Å². The third-order valence-corrected chi connectivity index (χ3v) is 7.19. The molecular weight excluding hydrogens is 516 g/mol. The van der Waals surface area contributed by atoms with E-state index < -0.39 is 17.9 Å². The summed E-state index contributed by atoms with van der Waals surface area (Å²) in [6.07, 6.45) is 8.83. The number of carboxylic acids is 3. The molecule has 3 aromatic rings. The first-order chi connectivity index (χ1) is 18.2. The van der Waals surface area contributed by atoms with E-state index in [9.17, 15) is 14.4 Å². The Labute approximate surface area is 233 Å². The molecule has 0 aromatic heterocycles. The molecule has 0 fully saturated rings. The molecule has 0 radical (unpaired) electrons. The van der Waals surface area contributed by atoms with E-state index in [4.69, 9.17) is 15.3 Å². The molecule has 0 atom stereocenters. The minimum atomic E-state index is -0.879. The smallest absolute Gasteiger partial charge is 0.335 e. The van der Waals surface area contributed by atoms with E-state index in [0.717, 1.165) is 0 Å². The monoisotopic (exact) mass is 550 g/mol. The molecule has 0 unspecified atom stereocenters. The number of carbonyl (C=O) groups is 3. The van der Waals surface area contributed by atoms with Gasteiger partial charge in [0, 0.05) is 0 Å². The first-order valence-electron chi connectivity index (χ1n) is 12.2. The van der Waals surface area contributed by atoms with Gasteiger partial charge in [0.25, 0.3) is 0 Å². The number of aromatic carboxylic acids is 3. The van der Waals surface area contributed by atoms with Gasteiger partial charge < -0.3 is 15.3 Å². The van der Waals surface area contributed by atoms with Gasteiger partial charge in [-0.05, 0) is 36.4 Å². The molecule has 0 saturated heterocycles. The minimum absolute atomic E-state index is 0.271. The maximum Gasteiger partial charge on any atom is 0.335 e. The summed E-state index contributed by atoms with van der Waals surface area (Å²) in [6, 6.07) is 24.9. The van der Waals surface area contributed by atoms with Gasteiger partial charge in [-0.3, -0.25) is 0 Å². The van der Waals surface area contributed by atoms with Crippen LogP contribution in [-0.4, -0.2) is 33.2 Å². The molecule has 1 aliphatic rings. The standard InChI is InChI=1S/3C7H6O2.C6H7.C4H9.Ti/c3*8-7(9)6-4-2-1-3-5-6;1-6-4-2-3-5-6;1-3-4-2;/h3*1-5H,(H,8,9);4-5H,2H2,1H3;1,3-4H2,2H3;. The normalized spacial score (nSPS) is 11.0. The van der Waals surface area contributed by atoms with E-state index in [1.165, 1.54) is 29.6 Å². The summed E-state index contributed by atoms with van der Waals surface area (Å²) in [6.45, 7) is 4.48. The zero-order valence-electron chi connectivity index (χ0n) is 21.7. The first-order valence-corrected chi connectivity index (χ1v) is 14.1. The van der Waals surface area contributed by atoms with Gasteiger partial charge in [-0.25, -0.2) is 14.4 Å². The van der Waals surface area contributed by atoms with Gasteiger partial charge in [-0.1, -0.05) is 54.6 Å². The van der Waals surface area contributed by atoms with E-state index in [1.807, 2.05) is 0 Å². The largest absolute Gasteiger partial charge is 0.478 e. The molecule has 4 rings (SSSR count). The summed E-state index contributed by atoms with van der Waals surface area (Å²) in [7, 11) is 0. The summed E-state index contributed by atoms with van der Waals surface area (Å²) in [4.78, 5) is 30.6. The molecule has 1 aliphatic carbocycles. The second kappa shape index (κ2) is 19.4. The molecule has 0 bridgehead atoms. The van der Waals surface area contributed by atoms with Crippen molar-refractivity contribution in [2.24, 2.45) is 0 Å². The number of hydrogen-bond donors (Lipinski definition) is 3. The third kappa shape index (κ3) is 14.7. The van der Waals surface area contributed by atoms with E-state index >= 15 is 0 Å². The average Bonchev–Trinajstić information content (AvgIpc) is 3.36. The summed E-state index contributed by atoms with van der Waals surface area (Å²) < 4.78 is 3.26. The van der Waals surface area contributed by atoms with Crippen molar-refractivity contribution in [1.29, 1.82) is 0 Å². The molecule has 38 heavy (non-hydrogen) atoms. The molecule has 198 valence electrons. The van der Waals surface area contributed by atoms with Crippen molar-refractivity contribution in [2.45, 2.75) is 37.8 Å². The van der Waals surface area contributed by atoms with Crippen LogP contribution in [0.5, 0.6) is 0 Å². The van der Waals surface area contributed by atoms with E-state index in [1.54, 1.807) is 94.9 Å². The van der Waals surface area contributed by atoms with Crippen LogP contribution in [0.15, 0.2) is 113 Å². The second-order valence-corrected chi connectivity index (χ2v) is 10.5. The molecule has 0 aliphatic heterocycles. The Balaban J connectivity index is 0.000000254. The Morgan fingerprint density at radius 1 is 0.684 bits per heavy atom. The van der Waals surface area contributed by atoms with Crippen molar-refractivity contribution in [3.05, 3.63) is 129 Å². The van der Waals surface area contributed by atoms with Crippen molar-refractivity contribution in [1.82, 2.24) is 0 Å². The van der Waals surface area contributed by atoms with Crippen LogP contribution >= 0.6 is 0 Å². The van der Waals surface area contributed by atoms with Gasteiger partial charge >= 0.3 is 96.5 Å². The maximum atomic E-state index is 10.2. The number of benzene rings is 3. The van der Waals surface area contributed by atoms with Gasteiger partial charge in [-0.15, -0.1) is 0 Å². The molecule has 0 saturated carbocycles. The predicted octanol–water partition coefficient (Wildman–Crippen LogP) is 7.68. The van der Waals surface area contributed by atoms with Crippen LogP contribution in [0.4, 0.5) is 0 Å². The van der Waals surface area contributed by atoms with Gasteiger partial charge in [0.05, 0.1) is 16.7 Å². The molecular formula is C31H34O6Ti. The van der Waals surface area contributed by atoms with Crippen LogP contribution in [-0.2, 0) is 19.2 Å². The fourth-order valence-corrected chi connectivity index (χ4v) is 5.18. The van der Waals surface area contributed by atoms with Crippen LogP contribution in [0.2, 0.25) is 4.73 Å². The summed E-state index contributed by atoms with van der Waals surface area (Å²) >= 11 is 0.271. The molecule has 3 aromatic carbocycles. The minimum Gasteiger partial charge on any atom is -0.478 e. The summed E-state index contributed by atoms with van der Waals surface area (Å²) in [5, 5.41) is 25.2. The zero-order chi connectivity index (χ0) is 28.2. The second-order valence-electron chi connectivity index (χ2n) is 8.12. The third-order valence-electron chi connectivity index (χ3n) is 4.99. The molecule has 0 spiro atoms. The van der Waals surface area contributed by atoms with Crippen LogP contribution < -0.4 is 0 Å². The van der Waals surface area contributed by atoms with Gasteiger partial charge in [0.15, 0.2) is 0 Å². The Morgan fingerprint density at radius 2 is 1.05 bits per heavy atom. The maximum absolute atomic E-state index is 10.2. The van der Waals surface area contributed by atoms with Crippen LogP contribution in [0.25, 0.3) is 0 Å². The van der Waals surface area contributed by atoms with Crippen molar-refractivity contribution >= 4 is 17.9 Å². The van der Waals surface area contributed by atoms with Crippen LogP contribution in [0.1, 0.15) is 64.2 Å². The fourth-order valence-electron chi connectivity index (χ4n) is 2.95. The van der Waals surface area contributed by atoms with Crippen molar-refractivity contribution in [2.75, 3.05) is 0 Å². The molecule has 3 N–H and O–H groups in total. The molecule has 0 heterocycles. The van der Waals surface area contributed by atoms with E-state index in [0.29, 0.717) is 16.7 Å². The zero-order valence-corrected chi connectivity index (χ0v) is 23.3. The molecule has 0 amide bonds. The van der Waals surface area contributed by atoms with Gasteiger partial charge in [0.1, 0.15) is 0 Å². The quantitative estimate of drug-likeness (QED) is 0.206. The molecule has 6 nitrogen and oxygen atoms in total. The fraction of sp³-hybridized carbons (Fsp3) is 0.194. The Kier molecular flexibility index (Phi) is 16.5. The Hall–Kier alpha value is -3.74. The number of unbranched alkanes of at least 4 members (excludes halogenated alkanes) is 1. The number of hydrogen-bond acceptors (Lipinski definition) is 3. The average molecular weight is 550 g/mol. The topological polar surface area (TPSA) is 112 Å². The van der Waals surface area contributed by atoms with Gasteiger partial charge in [-0.2, -0.15) is 0 Å². The van der Waals surface area contributed by atoms with Crippen LogP contribution in [0, 0.1) is 0 Å². The van der Waals surface area contributed by atoms with E-state index in [2.05, 4.69) is 26.0 Å². The van der Waals surface area contributed by atoms with Gasteiger partial charge in [0.2, 0.25) is 0 Å². The molecule has 7 heteroatoms. The number of rotatable bonds is 7. The Bertz CT molecular complexity index is 1060. The first kappa shape index (κ1) is 32.3. The van der Waals surface area contributed by atoms with Crippen molar-refractivity contribution in [3.8, 4) is 0 Å². The SMILES string of the molecule is CCC[CH2][Ti][C]1=CC(C)=CC1.O=C(O)c1ccccc1.O=C(O)c1ccccc1.O=C(O)c1ccccc1. The number of carboxylic acid groups (broad SMARTS) is 3. The van der Waals surface area contributed by atoms with E-state index in [-0.39, 0.29) is 19.2 Å². The van der Waals surface area contributed by atoms with Crippen molar-refractivity contribution in [3.63, 3.8) is 0 Å².